The van der Waals surface area contributed by atoms with E-state index < -0.39 is 0 Å². The van der Waals surface area contributed by atoms with Crippen LogP contribution in [0.4, 0.5) is 0 Å². The minimum atomic E-state index is 0.794. The van der Waals surface area contributed by atoms with Crippen LogP contribution in [0.2, 0.25) is 5.02 Å². The number of aromatic amines is 1. The minimum Gasteiger partial charge on any atom is -0.361 e. The first kappa shape index (κ1) is 9.32. The largest absolute Gasteiger partial charge is 0.361 e. The summed E-state index contributed by atoms with van der Waals surface area (Å²) in [5.41, 5.74) is 5.38. The van der Waals surface area contributed by atoms with E-state index in [1.807, 2.05) is 18.3 Å². The zero-order valence-corrected chi connectivity index (χ0v) is 9.88. The van der Waals surface area contributed by atoms with Crippen LogP contribution in [0, 0.1) is 0 Å². The van der Waals surface area contributed by atoms with Crippen molar-refractivity contribution in [3.63, 3.8) is 0 Å². The molecule has 1 N–H and O–H groups in total. The van der Waals surface area contributed by atoms with Crippen molar-refractivity contribution < 1.29 is 0 Å². The number of halogens is 1. The van der Waals surface area contributed by atoms with E-state index in [0.717, 1.165) is 11.4 Å². The molecule has 82 valence electrons. The summed E-state index contributed by atoms with van der Waals surface area (Å²) in [4.78, 5) is 3.32. The predicted octanol–water partition coefficient (Wildman–Crippen LogP) is 4.39. The summed E-state index contributed by atoms with van der Waals surface area (Å²) in [6.45, 7) is 0. The minimum absolute atomic E-state index is 0.794. The van der Waals surface area contributed by atoms with Crippen molar-refractivity contribution in [3.05, 3.63) is 58.7 Å². The summed E-state index contributed by atoms with van der Waals surface area (Å²) < 4.78 is 0. The quantitative estimate of drug-likeness (QED) is 0.468. The van der Waals surface area contributed by atoms with Crippen molar-refractivity contribution >= 4 is 22.4 Å². The van der Waals surface area contributed by atoms with Gasteiger partial charge < -0.3 is 4.98 Å². The monoisotopic (exact) mass is 239 g/mol. The molecule has 0 spiro atoms. The summed E-state index contributed by atoms with van der Waals surface area (Å²) in [6.07, 6.45) is 3.04. The lowest BCUT2D eigenvalue weighted by atomic mass is 10.0. The third-order valence-electron chi connectivity index (χ3n) is 3.51. The highest BCUT2D eigenvalue weighted by molar-refractivity contribution is 6.31. The van der Waals surface area contributed by atoms with E-state index in [-0.39, 0.29) is 0 Å². The number of H-pyrrole nitrogens is 1. The third kappa shape index (κ3) is 1.26. The molecular weight excluding hydrogens is 230 g/mol. The molecule has 0 fully saturated rings. The number of aromatic nitrogens is 1. The van der Waals surface area contributed by atoms with Crippen molar-refractivity contribution in [2.75, 3.05) is 0 Å². The first-order chi connectivity index (χ1) is 8.31. The Bertz CT molecular complexity index is 740. The van der Waals surface area contributed by atoms with Crippen molar-refractivity contribution in [2.24, 2.45) is 0 Å². The standard InChI is InChI=1S/C15H10ClN/c16-13-2-1-9-5-12-6-10-3-4-17-15(10)14(12)8-11(9)7-13/h1-5,7-8,17H,6H2. The summed E-state index contributed by atoms with van der Waals surface area (Å²) >= 11 is 6.04. The van der Waals surface area contributed by atoms with Crippen molar-refractivity contribution in [1.29, 1.82) is 0 Å². The molecule has 2 aromatic carbocycles. The first-order valence-corrected chi connectivity index (χ1v) is 6.08. The molecular formula is C15H10ClN. The van der Waals surface area contributed by atoms with Gasteiger partial charge in [-0.2, -0.15) is 0 Å². The molecule has 1 aliphatic rings. The molecule has 4 rings (SSSR count). The van der Waals surface area contributed by atoms with Crippen LogP contribution in [0.1, 0.15) is 11.1 Å². The van der Waals surface area contributed by atoms with Gasteiger partial charge in [0, 0.05) is 28.9 Å². The lowest BCUT2D eigenvalue weighted by Crippen LogP contribution is -1.82. The van der Waals surface area contributed by atoms with E-state index in [1.54, 1.807) is 0 Å². The van der Waals surface area contributed by atoms with Crippen LogP contribution < -0.4 is 0 Å². The maximum absolute atomic E-state index is 6.04. The molecule has 0 aliphatic heterocycles. The fraction of sp³-hybridized carbons (Fsp3) is 0.0667. The van der Waals surface area contributed by atoms with Gasteiger partial charge in [0.05, 0.1) is 0 Å². The van der Waals surface area contributed by atoms with Gasteiger partial charge in [-0.15, -0.1) is 0 Å². The van der Waals surface area contributed by atoms with Crippen LogP contribution >= 0.6 is 11.6 Å². The van der Waals surface area contributed by atoms with Crippen molar-refractivity contribution in [2.45, 2.75) is 6.42 Å². The van der Waals surface area contributed by atoms with Gasteiger partial charge in [0.25, 0.3) is 0 Å². The highest BCUT2D eigenvalue weighted by Gasteiger charge is 2.19. The maximum atomic E-state index is 6.04. The molecule has 1 aromatic heterocycles. The van der Waals surface area contributed by atoms with Gasteiger partial charge in [0.15, 0.2) is 0 Å². The lowest BCUT2D eigenvalue weighted by molar-refractivity contribution is 1.28. The number of hydrogen-bond acceptors (Lipinski definition) is 0. The molecule has 3 aromatic rings. The van der Waals surface area contributed by atoms with E-state index >= 15 is 0 Å². The molecule has 1 heterocycles. The highest BCUT2D eigenvalue weighted by atomic mass is 35.5. The molecule has 0 radical (unpaired) electrons. The Hall–Kier alpha value is -1.73. The van der Waals surface area contributed by atoms with Crippen LogP contribution in [-0.2, 0) is 6.42 Å². The number of nitrogens with one attached hydrogen (secondary N) is 1. The van der Waals surface area contributed by atoms with Gasteiger partial charge in [-0.05, 0) is 46.2 Å². The number of fused-ring (bicyclic) bond motifs is 4. The van der Waals surface area contributed by atoms with Crippen LogP contribution in [0.3, 0.4) is 0 Å². The average Bonchev–Trinajstić information content (AvgIpc) is 2.87. The Morgan fingerprint density at radius 3 is 2.82 bits per heavy atom. The van der Waals surface area contributed by atoms with Crippen LogP contribution in [0.5, 0.6) is 0 Å². The fourth-order valence-corrected chi connectivity index (χ4v) is 2.88. The van der Waals surface area contributed by atoms with Gasteiger partial charge >= 0.3 is 0 Å². The SMILES string of the molecule is Clc1ccc2cc3c(cc2c1)-c1[nH]ccc1C3. The highest BCUT2D eigenvalue weighted by Crippen LogP contribution is 2.38. The Morgan fingerprint density at radius 2 is 1.88 bits per heavy atom. The molecule has 17 heavy (non-hydrogen) atoms. The molecule has 1 aliphatic carbocycles. The lowest BCUT2D eigenvalue weighted by Gasteiger charge is -2.04. The van der Waals surface area contributed by atoms with Gasteiger partial charge in [-0.1, -0.05) is 23.7 Å². The Kier molecular flexibility index (Phi) is 1.72. The summed E-state index contributed by atoms with van der Waals surface area (Å²) in [5.74, 6) is 0. The van der Waals surface area contributed by atoms with E-state index in [1.165, 1.54) is 33.2 Å². The molecule has 0 saturated carbocycles. The maximum Gasteiger partial charge on any atom is 0.0492 e. The Morgan fingerprint density at radius 1 is 0.941 bits per heavy atom. The topological polar surface area (TPSA) is 15.8 Å². The number of benzene rings is 2. The van der Waals surface area contributed by atoms with Crippen LogP contribution in [0.15, 0.2) is 42.6 Å². The average molecular weight is 240 g/mol. The van der Waals surface area contributed by atoms with Gasteiger partial charge in [0.2, 0.25) is 0 Å². The smallest absolute Gasteiger partial charge is 0.0492 e. The molecule has 0 amide bonds. The molecule has 0 saturated heterocycles. The second-order valence-electron chi connectivity index (χ2n) is 4.56. The summed E-state index contributed by atoms with van der Waals surface area (Å²) in [6, 6.07) is 12.7. The zero-order chi connectivity index (χ0) is 11.4. The number of hydrogen-bond donors (Lipinski definition) is 1. The third-order valence-corrected chi connectivity index (χ3v) is 3.74. The van der Waals surface area contributed by atoms with E-state index in [0.29, 0.717) is 0 Å². The summed E-state index contributed by atoms with van der Waals surface area (Å²) in [7, 11) is 0. The van der Waals surface area contributed by atoms with E-state index in [2.05, 4.69) is 29.2 Å². The second kappa shape index (κ2) is 3.14. The fourth-order valence-electron chi connectivity index (χ4n) is 2.70. The van der Waals surface area contributed by atoms with Crippen LogP contribution in [0.25, 0.3) is 22.0 Å². The predicted molar refractivity (Wildman–Crippen MR) is 71.6 cm³/mol. The Labute approximate surface area is 104 Å². The molecule has 0 unspecified atom stereocenters. The zero-order valence-electron chi connectivity index (χ0n) is 9.13. The van der Waals surface area contributed by atoms with Gasteiger partial charge in [-0.25, -0.2) is 0 Å². The van der Waals surface area contributed by atoms with Crippen molar-refractivity contribution in [1.82, 2.24) is 4.98 Å². The van der Waals surface area contributed by atoms with E-state index in [4.69, 9.17) is 11.6 Å². The Balaban J connectivity index is 2.07. The number of rotatable bonds is 0. The molecule has 0 atom stereocenters. The second-order valence-corrected chi connectivity index (χ2v) is 4.99. The van der Waals surface area contributed by atoms with Crippen LogP contribution in [-0.4, -0.2) is 4.98 Å². The van der Waals surface area contributed by atoms with Gasteiger partial charge in [0.1, 0.15) is 0 Å². The van der Waals surface area contributed by atoms with E-state index in [9.17, 15) is 0 Å². The molecule has 0 bridgehead atoms. The first-order valence-electron chi connectivity index (χ1n) is 5.70. The van der Waals surface area contributed by atoms with Crippen molar-refractivity contribution in [3.8, 4) is 11.3 Å². The van der Waals surface area contributed by atoms with Gasteiger partial charge in [-0.3, -0.25) is 0 Å². The summed E-state index contributed by atoms with van der Waals surface area (Å²) in [5, 5.41) is 3.26. The molecule has 2 heteroatoms. The molecule has 1 nitrogen and oxygen atoms in total. The normalized spacial score (nSPS) is 12.8.